The second-order valence-electron chi connectivity index (χ2n) is 12.0. The fraction of sp³-hybridized carbons (Fsp3) is 0.394. The average molecular weight is 671 g/mol. The molecule has 4 aromatic rings. The lowest BCUT2D eigenvalue weighted by molar-refractivity contribution is -0.274. The third-order valence-electron chi connectivity index (χ3n) is 7.84. The predicted octanol–water partition coefficient (Wildman–Crippen LogP) is 4.57. The molecule has 0 saturated carbocycles. The molecular weight excluding hydrogens is 632 g/mol. The van der Waals surface area contributed by atoms with Crippen LogP contribution in [-0.4, -0.2) is 109 Å². The Hall–Kier alpha value is -4.76. The highest BCUT2D eigenvalue weighted by Crippen LogP contribution is 2.43. The molecule has 0 unspecified atom stereocenters. The Morgan fingerprint density at radius 2 is 1.81 bits per heavy atom. The lowest BCUT2D eigenvalue weighted by Gasteiger charge is -2.30. The molecule has 256 valence electrons. The van der Waals surface area contributed by atoms with E-state index in [2.05, 4.69) is 25.3 Å². The molecule has 2 aromatic heterocycles. The number of hydrogen-bond acceptors (Lipinski definition) is 8. The van der Waals surface area contributed by atoms with Gasteiger partial charge in [0.2, 0.25) is 5.91 Å². The highest BCUT2D eigenvalue weighted by molar-refractivity contribution is 6.02. The third-order valence-corrected chi connectivity index (χ3v) is 7.84. The van der Waals surface area contributed by atoms with Gasteiger partial charge in [0.05, 0.1) is 24.0 Å². The van der Waals surface area contributed by atoms with Crippen LogP contribution in [0, 0.1) is 5.82 Å². The van der Waals surface area contributed by atoms with Crippen LogP contribution in [0.1, 0.15) is 28.9 Å². The maximum Gasteiger partial charge on any atom is 0.573 e. The molecule has 1 fully saturated rings. The number of fused-ring (bicyclic) bond motifs is 1. The lowest BCUT2D eigenvalue weighted by Crippen LogP contribution is -2.43. The number of aromatic amines is 1. The molecule has 15 heteroatoms. The number of anilines is 1. The summed E-state index contributed by atoms with van der Waals surface area (Å²) in [5, 5.41) is 11.0. The Kier molecular flexibility index (Phi) is 10.8. The summed E-state index contributed by atoms with van der Waals surface area (Å²) in [5.41, 5.74) is 1.55. The highest BCUT2D eigenvalue weighted by Gasteiger charge is 2.33. The zero-order valence-corrected chi connectivity index (χ0v) is 27.0. The highest BCUT2D eigenvalue weighted by atomic mass is 19.4. The van der Waals surface area contributed by atoms with Gasteiger partial charge in [-0.25, -0.2) is 4.39 Å². The van der Waals surface area contributed by atoms with Crippen LogP contribution in [0.4, 0.5) is 23.2 Å². The van der Waals surface area contributed by atoms with Crippen LogP contribution in [0.3, 0.4) is 0 Å². The zero-order chi connectivity index (χ0) is 34.4. The smallest absolute Gasteiger partial charge is 0.405 e. The van der Waals surface area contributed by atoms with Crippen LogP contribution in [0.2, 0.25) is 0 Å². The lowest BCUT2D eigenvalue weighted by atomic mass is 9.92. The van der Waals surface area contributed by atoms with Crippen LogP contribution in [0.15, 0.2) is 48.8 Å². The van der Waals surface area contributed by atoms with E-state index in [9.17, 15) is 22.8 Å². The standard InChI is InChI=1S/C30H29F4N7O3.C3H9N/c31-28-23(19-2-1-9-40(17-19)27(43)5-10-41-13-8-36-38-41)16-24(25-14-20(18-42)37-29(25)28)22-4-3-21(39-11-6-35-7-12-39)15-26(22)44-30(32,33)34;1-4(2)3/h2-4,8,13-16,18,35,37H,1,5-7,9-12,17H2;1-3H3. The van der Waals surface area contributed by atoms with E-state index < -0.39 is 17.9 Å². The van der Waals surface area contributed by atoms with Crippen molar-refractivity contribution in [3.05, 3.63) is 65.9 Å². The van der Waals surface area contributed by atoms with Gasteiger partial charge < -0.3 is 29.7 Å². The molecule has 0 aliphatic carbocycles. The molecule has 4 heterocycles. The van der Waals surface area contributed by atoms with Crippen LogP contribution >= 0.6 is 0 Å². The first-order valence-electron chi connectivity index (χ1n) is 15.5. The molecule has 0 atom stereocenters. The number of alkyl halides is 3. The van der Waals surface area contributed by atoms with E-state index in [0.29, 0.717) is 63.2 Å². The van der Waals surface area contributed by atoms with Crippen molar-refractivity contribution < 1.29 is 31.9 Å². The van der Waals surface area contributed by atoms with Gasteiger partial charge in [-0.3, -0.25) is 14.3 Å². The van der Waals surface area contributed by atoms with Crippen LogP contribution in [0.25, 0.3) is 27.6 Å². The molecule has 11 nitrogen and oxygen atoms in total. The number of aldehydes is 1. The summed E-state index contributed by atoms with van der Waals surface area (Å²) in [6.45, 7) is 3.47. The summed E-state index contributed by atoms with van der Waals surface area (Å²) in [4.78, 5) is 33.0. The maximum absolute atomic E-state index is 16.1. The number of rotatable bonds is 8. The Morgan fingerprint density at radius 1 is 1.06 bits per heavy atom. The minimum atomic E-state index is -4.98. The largest absolute Gasteiger partial charge is 0.573 e. The number of nitrogens with one attached hydrogen (secondary N) is 2. The van der Waals surface area contributed by atoms with Gasteiger partial charge in [0.25, 0.3) is 0 Å². The first-order valence-corrected chi connectivity index (χ1v) is 15.5. The SMILES string of the molecule is CN(C)C.O=Cc1cc2c(-c3ccc(N4CCNCC4)cc3OC(F)(F)F)cc(C3=CCCN(C(=O)CCn4ccnn4)C3)c(F)c2[nH]1. The molecule has 2 aromatic carbocycles. The minimum absolute atomic E-state index is 0.0285. The van der Waals surface area contributed by atoms with Crippen LogP contribution in [0.5, 0.6) is 5.75 Å². The summed E-state index contributed by atoms with van der Waals surface area (Å²) >= 11 is 0. The van der Waals surface area contributed by atoms with E-state index in [1.165, 1.54) is 30.5 Å². The van der Waals surface area contributed by atoms with Gasteiger partial charge in [-0.1, -0.05) is 11.3 Å². The number of amides is 1. The molecule has 2 N–H and O–H groups in total. The van der Waals surface area contributed by atoms with E-state index >= 15 is 4.39 Å². The average Bonchev–Trinajstić information content (AvgIpc) is 3.74. The minimum Gasteiger partial charge on any atom is -0.405 e. The van der Waals surface area contributed by atoms with Crippen molar-refractivity contribution >= 4 is 34.4 Å². The fourth-order valence-corrected chi connectivity index (χ4v) is 5.74. The van der Waals surface area contributed by atoms with Gasteiger partial charge in [0.15, 0.2) is 12.1 Å². The van der Waals surface area contributed by atoms with Crippen LogP contribution < -0.4 is 15.0 Å². The second kappa shape index (κ2) is 15.0. The number of ether oxygens (including phenoxy) is 1. The first kappa shape index (κ1) is 34.6. The van der Waals surface area contributed by atoms with Crippen molar-refractivity contribution in [2.45, 2.75) is 25.7 Å². The van der Waals surface area contributed by atoms with E-state index in [0.717, 1.165) is 0 Å². The molecule has 2 aliphatic rings. The summed E-state index contributed by atoms with van der Waals surface area (Å²) in [6, 6.07) is 7.45. The van der Waals surface area contributed by atoms with Gasteiger partial charge in [-0.2, -0.15) is 0 Å². The maximum atomic E-state index is 16.1. The number of aryl methyl sites for hydroxylation is 1. The van der Waals surface area contributed by atoms with Gasteiger partial charge in [0.1, 0.15) is 5.75 Å². The zero-order valence-electron chi connectivity index (χ0n) is 27.0. The summed E-state index contributed by atoms with van der Waals surface area (Å²) in [5.74, 6) is -1.26. The van der Waals surface area contributed by atoms with Crippen molar-refractivity contribution in [2.75, 3.05) is 65.3 Å². The number of carbonyl (C=O) groups excluding carboxylic acids is 2. The number of nitrogens with zero attached hydrogens (tertiary/aromatic N) is 6. The number of halogens is 4. The van der Waals surface area contributed by atoms with Gasteiger partial charge in [-0.15, -0.1) is 18.3 Å². The molecule has 6 rings (SSSR count). The normalized spacial score (nSPS) is 15.3. The second-order valence-corrected chi connectivity index (χ2v) is 12.0. The summed E-state index contributed by atoms with van der Waals surface area (Å²) < 4.78 is 63.2. The van der Waals surface area contributed by atoms with Crippen molar-refractivity contribution in [3.8, 4) is 16.9 Å². The Bertz CT molecular complexity index is 1760. The van der Waals surface area contributed by atoms with Crippen molar-refractivity contribution in [1.29, 1.82) is 0 Å². The van der Waals surface area contributed by atoms with Gasteiger partial charge in [-0.05, 0) is 63.0 Å². The van der Waals surface area contributed by atoms with Crippen LogP contribution in [-0.2, 0) is 11.3 Å². The Balaban J connectivity index is 0.00000107. The molecule has 48 heavy (non-hydrogen) atoms. The number of carbonyl (C=O) groups is 2. The van der Waals surface area contributed by atoms with Gasteiger partial charge >= 0.3 is 6.36 Å². The van der Waals surface area contributed by atoms with Crippen molar-refractivity contribution in [3.63, 3.8) is 0 Å². The summed E-state index contributed by atoms with van der Waals surface area (Å²) in [7, 11) is 6.00. The Morgan fingerprint density at radius 3 is 2.48 bits per heavy atom. The van der Waals surface area contributed by atoms with E-state index in [1.807, 2.05) is 37.0 Å². The molecule has 2 aliphatic heterocycles. The number of aromatic nitrogens is 4. The molecule has 0 spiro atoms. The number of benzene rings is 2. The molecule has 0 radical (unpaired) electrons. The van der Waals surface area contributed by atoms with E-state index in [4.69, 9.17) is 0 Å². The fourth-order valence-electron chi connectivity index (χ4n) is 5.74. The topological polar surface area (TPSA) is 112 Å². The first-order chi connectivity index (χ1) is 22.9. The number of piperazine rings is 1. The molecular formula is C33H38F4N8O3. The Labute approximate surface area is 275 Å². The molecule has 1 amide bonds. The number of H-pyrrole nitrogens is 1. The van der Waals surface area contributed by atoms with Gasteiger partial charge in [0, 0.05) is 80.2 Å². The number of hydrogen-bond donors (Lipinski definition) is 2. The molecule has 0 bridgehead atoms. The summed E-state index contributed by atoms with van der Waals surface area (Å²) in [6.07, 6.45) is 1.15. The predicted molar refractivity (Wildman–Crippen MR) is 174 cm³/mol. The third kappa shape index (κ3) is 8.39. The van der Waals surface area contributed by atoms with E-state index in [-0.39, 0.29) is 52.2 Å². The molecule has 1 saturated heterocycles. The van der Waals surface area contributed by atoms with Crippen molar-refractivity contribution in [2.24, 2.45) is 0 Å². The monoisotopic (exact) mass is 670 g/mol. The van der Waals surface area contributed by atoms with E-state index in [1.54, 1.807) is 21.8 Å². The quantitative estimate of drug-likeness (QED) is 0.207. The van der Waals surface area contributed by atoms with Crippen molar-refractivity contribution in [1.82, 2.24) is 35.1 Å².